The van der Waals surface area contributed by atoms with Crippen LogP contribution < -0.4 is 0 Å². The van der Waals surface area contributed by atoms with Crippen molar-refractivity contribution in [1.82, 2.24) is 19.9 Å². The molecule has 2 aliphatic heterocycles. The van der Waals surface area contributed by atoms with Gasteiger partial charge in [-0.3, -0.25) is 13.7 Å². The van der Waals surface area contributed by atoms with Crippen molar-refractivity contribution < 1.29 is 53.5 Å². The number of fused-ring (bicyclic) bond motifs is 8. The minimum Gasteiger partial charge on any atom is -0.354 e. The number of rotatable bonds is 10. The average molecular weight is 935 g/mol. The lowest BCUT2D eigenvalue weighted by Crippen LogP contribution is -1.97. The molecule has 4 aromatic carbocycles. The van der Waals surface area contributed by atoms with Crippen LogP contribution in [0.3, 0.4) is 0 Å². The molecule has 2 aliphatic rings. The summed E-state index contributed by atoms with van der Waals surface area (Å²) in [6.07, 6.45) is 7.16. The van der Waals surface area contributed by atoms with Crippen LogP contribution in [0.2, 0.25) is 0 Å². The van der Waals surface area contributed by atoms with Gasteiger partial charge in [0.25, 0.3) is 30.4 Å². The van der Waals surface area contributed by atoms with Gasteiger partial charge in [0, 0.05) is 49.2 Å². The van der Waals surface area contributed by atoms with Crippen LogP contribution in [0.4, 0.5) is 0 Å². The van der Waals surface area contributed by atoms with Crippen LogP contribution in [0, 0.1) is 0 Å². The van der Waals surface area contributed by atoms with Gasteiger partial charge in [0.15, 0.2) is 0 Å². The minimum absolute atomic E-state index is 0.309. The van der Waals surface area contributed by atoms with Gasteiger partial charge in [0.1, 0.15) is 0 Å². The molecule has 0 unspecified atom stereocenters. The van der Waals surface area contributed by atoms with Crippen LogP contribution in [0.1, 0.15) is 22.8 Å². The molecule has 16 nitrogen and oxygen atoms in total. The van der Waals surface area contributed by atoms with Crippen molar-refractivity contribution in [3.8, 4) is 44.5 Å². The van der Waals surface area contributed by atoms with Crippen LogP contribution >= 0.6 is 12.0 Å². The Morgan fingerprint density at radius 1 is 0.406 bits per heavy atom. The molecule has 3 aromatic heterocycles. The summed E-state index contributed by atoms with van der Waals surface area (Å²) in [6.45, 7) is 0. The largest absolute Gasteiger partial charge is 0.354 e. The highest BCUT2D eigenvalue weighted by molar-refractivity contribution is 7.94. The molecule has 0 aliphatic carbocycles. The summed E-state index contributed by atoms with van der Waals surface area (Å²) in [5, 5.41) is 12.5. The van der Waals surface area contributed by atoms with Crippen LogP contribution in [0.5, 0.6) is 0 Å². The summed E-state index contributed by atoms with van der Waals surface area (Å²) in [7, 11) is -13.6. The van der Waals surface area contributed by atoms with E-state index in [4.69, 9.17) is 15.2 Å². The number of hydrogen-bond donors (Lipinski definition) is 6. The summed E-state index contributed by atoms with van der Waals surface area (Å²) < 4.78 is 106. The van der Waals surface area contributed by atoms with Gasteiger partial charge in [-0.05, 0) is 119 Å². The lowest BCUT2D eigenvalue weighted by molar-refractivity contribution is -0.432. The molecule has 322 valence electrons. The van der Waals surface area contributed by atoms with E-state index in [0.29, 0.717) is 94.2 Å². The fraction of sp³-hybridized carbons (Fsp3) is 0. The van der Waals surface area contributed by atoms with Gasteiger partial charge in [-0.15, -0.1) is 4.33 Å². The Morgan fingerprint density at radius 2 is 0.672 bits per heavy atom. The highest BCUT2D eigenvalue weighted by atomic mass is 32.2. The monoisotopic (exact) mass is 934 g/mol. The van der Waals surface area contributed by atoms with E-state index < -0.39 is 30.4 Å². The predicted molar refractivity (Wildman–Crippen MR) is 241 cm³/mol. The molecule has 0 saturated carbocycles. The van der Waals surface area contributed by atoms with E-state index >= 15 is 0 Å². The number of aromatic nitrogens is 4. The first-order valence-electron chi connectivity index (χ1n) is 18.7. The molecule has 7 aromatic rings. The predicted octanol–water partition coefficient (Wildman–Crippen LogP) is 9.49. The normalized spacial score (nSPS) is 12.8. The third-order valence-electron chi connectivity index (χ3n) is 10.4. The van der Waals surface area contributed by atoms with Gasteiger partial charge in [-0.25, -0.2) is 15.2 Å². The Labute approximate surface area is 368 Å². The number of H-pyrrole nitrogens is 2. The molecule has 0 amide bonds. The van der Waals surface area contributed by atoms with Gasteiger partial charge in [-0.1, -0.05) is 53.6 Å². The molecule has 9 rings (SSSR count). The molecule has 0 radical (unpaired) electrons. The minimum atomic E-state index is -4.53. The second-order valence-corrected chi connectivity index (χ2v) is 19.3. The quantitative estimate of drug-likeness (QED) is 0.0323. The topological polar surface area (TPSA) is 259 Å². The highest BCUT2D eigenvalue weighted by Gasteiger charge is 2.21. The third-order valence-corrected chi connectivity index (χ3v) is 13.6. The maximum absolute atomic E-state index is 12.0. The molecule has 20 heteroatoms. The molecule has 0 spiro atoms. The van der Waals surface area contributed by atoms with Crippen molar-refractivity contribution in [3.05, 3.63) is 144 Å². The second kappa shape index (κ2) is 16.5. The van der Waals surface area contributed by atoms with E-state index in [-0.39, 0.29) is 14.7 Å². The van der Waals surface area contributed by atoms with Crippen molar-refractivity contribution in [1.29, 1.82) is 0 Å². The van der Waals surface area contributed by atoms with Gasteiger partial charge in [0.2, 0.25) is 0 Å². The molecular weight excluding hydrogens is 905 g/mol. The zero-order valence-corrected chi connectivity index (χ0v) is 35.7. The first-order valence-corrected chi connectivity index (χ1v) is 23.8. The summed E-state index contributed by atoms with van der Waals surface area (Å²) >= 11 is 0.787. The van der Waals surface area contributed by atoms with Crippen LogP contribution in [0.15, 0.2) is 141 Å². The van der Waals surface area contributed by atoms with Gasteiger partial charge in [-0.2, -0.15) is 25.3 Å². The molecular formula is C44H30N4O12S4. The molecule has 8 bridgehead atoms. The number of nitrogens with zero attached hydrogens (tertiary/aromatic N) is 2. The van der Waals surface area contributed by atoms with Crippen molar-refractivity contribution in [3.63, 3.8) is 0 Å². The average Bonchev–Trinajstić information content (AvgIpc) is 4.11. The number of benzene rings is 4. The first kappa shape index (κ1) is 42.7. The van der Waals surface area contributed by atoms with Gasteiger partial charge in [0.05, 0.1) is 49.5 Å². The lowest BCUT2D eigenvalue weighted by atomic mass is 10.0. The molecule has 64 heavy (non-hydrogen) atoms. The van der Waals surface area contributed by atoms with E-state index in [9.17, 15) is 38.9 Å². The number of nitrogens with one attached hydrogen (secondary N) is 2. The van der Waals surface area contributed by atoms with Crippen LogP contribution in [0.25, 0.3) is 90.9 Å². The highest BCUT2D eigenvalue weighted by Crippen LogP contribution is 2.39. The zero-order valence-electron chi connectivity index (χ0n) is 32.4. The van der Waals surface area contributed by atoms with E-state index in [1.54, 1.807) is 66.8 Å². The van der Waals surface area contributed by atoms with E-state index in [0.717, 1.165) is 12.0 Å². The van der Waals surface area contributed by atoms with E-state index in [1.165, 1.54) is 48.5 Å². The summed E-state index contributed by atoms with van der Waals surface area (Å²) in [5.74, 6) is 0. The lowest BCUT2D eigenvalue weighted by Gasteiger charge is -2.08. The SMILES string of the molecule is O=S(=O)(O)c1ccc(-c2c3nc(c(-c4ccc(S(=O)(=O)O)cc4)c4ccc([nH]4)c(-c4ccc(S(=O)(=O)O)cc4)c4nc(c(-c5ccc(SOOO)cc5)c5ccc2[nH]5)C=C4)C=C3)cc1. The second-order valence-electron chi connectivity index (χ2n) is 14.3. The summed E-state index contributed by atoms with van der Waals surface area (Å²) in [4.78, 5) is 16.9. The van der Waals surface area contributed by atoms with Crippen molar-refractivity contribution in [2.75, 3.05) is 0 Å². The molecule has 0 atom stereocenters. The van der Waals surface area contributed by atoms with E-state index in [2.05, 4.69) is 19.3 Å². The van der Waals surface area contributed by atoms with Crippen molar-refractivity contribution in [2.24, 2.45) is 0 Å². The Morgan fingerprint density at radius 3 is 0.922 bits per heavy atom. The Bertz CT molecular complexity index is 3520. The molecule has 6 N–H and O–H groups in total. The summed E-state index contributed by atoms with van der Waals surface area (Å²) in [5.41, 5.74) is 8.65. The number of aromatic amines is 2. The van der Waals surface area contributed by atoms with Crippen molar-refractivity contribution >= 4 is 88.8 Å². The van der Waals surface area contributed by atoms with Gasteiger partial charge >= 0.3 is 0 Å². The Balaban J connectivity index is 1.42. The molecule has 5 heterocycles. The zero-order chi connectivity index (χ0) is 45.0. The standard InChI is InChI=1S/C44H30N4O12S4/c49-59-60-61-29-9-1-25(2-10-29)41-33-17-19-35(45-33)42(26-3-11-30(12-4-26)62(50,51)52)37-21-23-39(47-37)44(28-7-15-32(16-8-28)64(56,57)58)40-24-22-38(48-40)43(36-20-18-34(41)46-36)27-5-13-31(14-6-27)63(53,54)55/h1-24,45,48-49H,(H,50,51,52)(H,53,54,55)(H,56,57,58). The van der Waals surface area contributed by atoms with Crippen LogP contribution in [-0.2, 0) is 39.7 Å². The first-order chi connectivity index (χ1) is 30.5. The Hall–Kier alpha value is -6.56. The van der Waals surface area contributed by atoms with E-state index in [1.807, 2.05) is 30.3 Å². The van der Waals surface area contributed by atoms with Gasteiger partial charge < -0.3 is 9.97 Å². The summed E-state index contributed by atoms with van der Waals surface area (Å²) in [6, 6.07) is 31.3. The molecule has 0 saturated heterocycles. The fourth-order valence-electron chi connectivity index (χ4n) is 7.53. The Kier molecular flexibility index (Phi) is 11.0. The fourth-order valence-corrected chi connectivity index (χ4v) is 9.33. The van der Waals surface area contributed by atoms with Crippen molar-refractivity contribution in [2.45, 2.75) is 19.6 Å². The molecule has 0 fully saturated rings. The number of hydrogen-bond acceptors (Lipinski definition) is 12. The smallest absolute Gasteiger partial charge is 0.294 e. The third kappa shape index (κ3) is 8.45. The van der Waals surface area contributed by atoms with Crippen LogP contribution in [-0.4, -0.2) is 64.1 Å². The maximum Gasteiger partial charge on any atom is 0.294 e. The maximum atomic E-state index is 12.0.